The summed E-state index contributed by atoms with van der Waals surface area (Å²) in [6.07, 6.45) is 0. The van der Waals surface area contributed by atoms with Gasteiger partial charge in [0.15, 0.2) is 5.16 Å². The van der Waals surface area contributed by atoms with Gasteiger partial charge in [0, 0.05) is 16.7 Å². The van der Waals surface area contributed by atoms with Crippen molar-refractivity contribution >= 4 is 33.7 Å². The number of H-pyrrole nitrogens is 1. The molecule has 2 heterocycles. The van der Waals surface area contributed by atoms with E-state index in [9.17, 15) is 4.79 Å². The monoisotopic (exact) mass is 347 g/mol. The lowest BCUT2D eigenvalue weighted by molar-refractivity contribution is 0.819. The van der Waals surface area contributed by atoms with E-state index in [0.29, 0.717) is 16.4 Å². The molecule has 0 aliphatic heterocycles. The maximum absolute atomic E-state index is 13.2. The molecule has 0 bridgehead atoms. The molecule has 0 amide bonds. The number of aromatic nitrogens is 3. The molecule has 0 aliphatic carbocycles. The van der Waals surface area contributed by atoms with Gasteiger partial charge >= 0.3 is 0 Å². The molecule has 0 fully saturated rings. The first-order valence-electron chi connectivity index (χ1n) is 8.01. The Labute approximate surface area is 149 Å². The van der Waals surface area contributed by atoms with Crippen LogP contribution in [-0.2, 0) is 0 Å². The van der Waals surface area contributed by atoms with Crippen LogP contribution >= 0.6 is 11.8 Å². The highest BCUT2D eigenvalue weighted by molar-refractivity contribution is 7.99. The molecule has 1 N–H and O–H groups in total. The molecular formula is C20H17N3OS. The first-order chi connectivity index (χ1) is 12.1. The number of benzene rings is 2. The van der Waals surface area contributed by atoms with Gasteiger partial charge in [0.1, 0.15) is 11.0 Å². The van der Waals surface area contributed by atoms with Crippen molar-refractivity contribution in [3.8, 4) is 5.69 Å². The summed E-state index contributed by atoms with van der Waals surface area (Å²) in [5.41, 5.74) is 3.93. The summed E-state index contributed by atoms with van der Waals surface area (Å²) in [6, 6.07) is 17.5. The fraction of sp³-hybridized carbons (Fsp3) is 0.100. The van der Waals surface area contributed by atoms with Crippen LogP contribution in [0.1, 0.15) is 6.92 Å². The van der Waals surface area contributed by atoms with Crippen LogP contribution in [0.15, 0.2) is 76.7 Å². The molecule has 25 heavy (non-hydrogen) atoms. The van der Waals surface area contributed by atoms with Gasteiger partial charge in [0.05, 0.1) is 5.69 Å². The number of fused-ring (bicyclic) bond motifs is 3. The number of rotatable bonds is 4. The van der Waals surface area contributed by atoms with E-state index in [1.807, 2.05) is 61.5 Å². The highest BCUT2D eigenvalue weighted by atomic mass is 32.2. The smallest absolute Gasteiger partial charge is 0.283 e. The number of nitrogens with one attached hydrogen (secondary N) is 1. The van der Waals surface area contributed by atoms with Crippen molar-refractivity contribution in [2.24, 2.45) is 0 Å². The topological polar surface area (TPSA) is 50.7 Å². The van der Waals surface area contributed by atoms with Gasteiger partial charge in [-0.25, -0.2) is 4.98 Å². The van der Waals surface area contributed by atoms with Gasteiger partial charge in [-0.1, -0.05) is 60.3 Å². The van der Waals surface area contributed by atoms with E-state index in [4.69, 9.17) is 4.98 Å². The zero-order chi connectivity index (χ0) is 17.4. The zero-order valence-corrected chi connectivity index (χ0v) is 14.6. The summed E-state index contributed by atoms with van der Waals surface area (Å²) in [5.74, 6) is 0.715. The van der Waals surface area contributed by atoms with Crippen molar-refractivity contribution in [2.45, 2.75) is 12.1 Å². The molecule has 2 aromatic heterocycles. The number of nitrogens with zero attached hydrogens (tertiary/aromatic N) is 2. The lowest BCUT2D eigenvalue weighted by Gasteiger charge is -2.12. The number of aromatic amines is 1. The first kappa shape index (κ1) is 15.7. The number of para-hydroxylation sites is 2. The van der Waals surface area contributed by atoms with E-state index in [1.54, 1.807) is 4.57 Å². The minimum atomic E-state index is -0.0865. The molecule has 4 aromatic rings. The van der Waals surface area contributed by atoms with Gasteiger partial charge in [0.2, 0.25) is 0 Å². The van der Waals surface area contributed by atoms with Crippen LogP contribution in [0.25, 0.3) is 27.6 Å². The van der Waals surface area contributed by atoms with Gasteiger partial charge in [-0.05, 0) is 25.1 Å². The van der Waals surface area contributed by atoms with Crippen LogP contribution < -0.4 is 5.56 Å². The average molecular weight is 347 g/mol. The predicted octanol–water partition coefficient (Wildman–Crippen LogP) is 4.54. The fourth-order valence-electron chi connectivity index (χ4n) is 2.83. The summed E-state index contributed by atoms with van der Waals surface area (Å²) in [6.45, 7) is 5.93. The van der Waals surface area contributed by atoms with Crippen LogP contribution in [0, 0.1) is 0 Å². The largest absolute Gasteiger partial charge is 0.349 e. The van der Waals surface area contributed by atoms with Crippen molar-refractivity contribution in [3.63, 3.8) is 0 Å². The third kappa shape index (κ3) is 2.76. The third-order valence-corrected chi connectivity index (χ3v) is 5.13. The summed E-state index contributed by atoms with van der Waals surface area (Å²) in [7, 11) is 0. The second-order valence-electron chi connectivity index (χ2n) is 6.01. The molecule has 0 aliphatic rings. The molecule has 5 heteroatoms. The van der Waals surface area contributed by atoms with Crippen molar-refractivity contribution in [1.29, 1.82) is 0 Å². The third-order valence-electron chi connectivity index (χ3n) is 3.96. The molecule has 0 saturated carbocycles. The van der Waals surface area contributed by atoms with Crippen LogP contribution in [0.4, 0.5) is 0 Å². The van der Waals surface area contributed by atoms with Gasteiger partial charge in [0.25, 0.3) is 5.56 Å². The SMILES string of the molecule is C=C(C)CSc1nc2c([nH]c3ccccc32)c(=O)n1-c1ccccc1. The Morgan fingerprint density at radius 1 is 1.16 bits per heavy atom. The lowest BCUT2D eigenvalue weighted by atomic mass is 10.2. The van der Waals surface area contributed by atoms with Crippen molar-refractivity contribution in [1.82, 2.24) is 14.5 Å². The highest BCUT2D eigenvalue weighted by Gasteiger charge is 2.16. The van der Waals surface area contributed by atoms with Crippen molar-refractivity contribution < 1.29 is 0 Å². The Hall–Kier alpha value is -2.79. The van der Waals surface area contributed by atoms with E-state index in [2.05, 4.69) is 11.6 Å². The van der Waals surface area contributed by atoms with Crippen LogP contribution in [0.3, 0.4) is 0 Å². The minimum absolute atomic E-state index is 0.0865. The Bertz CT molecular complexity index is 1140. The Balaban J connectivity index is 2.05. The Kier molecular flexibility index (Phi) is 3.93. The molecule has 2 aromatic carbocycles. The molecule has 0 radical (unpaired) electrons. The molecule has 0 spiro atoms. The maximum atomic E-state index is 13.2. The van der Waals surface area contributed by atoms with Gasteiger partial charge < -0.3 is 4.98 Å². The average Bonchev–Trinajstić information content (AvgIpc) is 3.00. The van der Waals surface area contributed by atoms with Gasteiger partial charge in [-0.2, -0.15) is 0 Å². The molecule has 0 saturated heterocycles. The first-order valence-corrected chi connectivity index (χ1v) is 9.00. The van der Waals surface area contributed by atoms with E-state index in [-0.39, 0.29) is 5.56 Å². The van der Waals surface area contributed by atoms with Gasteiger partial charge in [-0.3, -0.25) is 9.36 Å². The standard InChI is InChI=1S/C20H17N3OS/c1-13(2)12-25-20-22-17-15-10-6-7-11-16(15)21-18(17)19(24)23(20)14-8-4-3-5-9-14/h3-11,21H,1,12H2,2H3. The summed E-state index contributed by atoms with van der Waals surface area (Å²) < 4.78 is 1.67. The molecule has 124 valence electrons. The second-order valence-corrected chi connectivity index (χ2v) is 6.95. The highest BCUT2D eigenvalue weighted by Crippen LogP contribution is 2.26. The molecule has 4 rings (SSSR count). The van der Waals surface area contributed by atoms with E-state index < -0.39 is 0 Å². The van der Waals surface area contributed by atoms with E-state index in [1.165, 1.54) is 11.8 Å². The predicted molar refractivity (Wildman–Crippen MR) is 105 cm³/mol. The molecule has 0 atom stereocenters. The summed E-state index contributed by atoms with van der Waals surface area (Å²) in [5, 5.41) is 1.64. The van der Waals surface area contributed by atoms with Crippen LogP contribution in [-0.4, -0.2) is 20.3 Å². The molecule has 4 nitrogen and oxygen atoms in total. The second kappa shape index (κ2) is 6.26. The zero-order valence-electron chi connectivity index (χ0n) is 13.8. The molecular weight excluding hydrogens is 330 g/mol. The summed E-state index contributed by atoms with van der Waals surface area (Å²) in [4.78, 5) is 21.3. The fourth-order valence-corrected chi connectivity index (χ4v) is 3.68. The van der Waals surface area contributed by atoms with Crippen molar-refractivity contribution in [2.75, 3.05) is 5.75 Å². The normalized spacial score (nSPS) is 11.2. The number of hydrogen-bond acceptors (Lipinski definition) is 3. The Morgan fingerprint density at radius 2 is 1.88 bits per heavy atom. The van der Waals surface area contributed by atoms with E-state index >= 15 is 0 Å². The van der Waals surface area contributed by atoms with E-state index in [0.717, 1.165) is 27.7 Å². The van der Waals surface area contributed by atoms with Crippen LogP contribution in [0.2, 0.25) is 0 Å². The number of hydrogen-bond donors (Lipinski definition) is 1. The van der Waals surface area contributed by atoms with Crippen LogP contribution in [0.5, 0.6) is 0 Å². The molecule has 0 unspecified atom stereocenters. The minimum Gasteiger partial charge on any atom is -0.349 e. The number of thioether (sulfide) groups is 1. The maximum Gasteiger partial charge on any atom is 0.283 e. The summed E-state index contributed by atoms with van der Waals surface area (Å²) >= 11 is 1.53. The van der Waals surface area contributed by atoms with Gasteiger partial charge in [-0.15, -0.1) is 0 Å². The quantitative estimate of drug-likeness (QED) is 0.335. The lowest BCUT2D eigenvalue weighted by Crippen LogP contribution is -2.21. The Morgan fingerprint density at radius 3 is 2.64 bits per heavy atom. The van der Waals surface area contributed by atoms with Crippen molar-refractivity contribution in [3.05, 3.63) is 77.1 Å².